The lowest BCUT2D eigenvalue weighted by Gasteiger charge is -2.19. The van der Waals surface area contributed by atoms with Gasteiger partial charge in [-0.2, -0.15) is 0 Å². The lowest BCUT2D eigenvalue weighted by Crippen LogP contribution is -2.40. The van der Waals surface area contributed by atoms with Gasteiger partial charge in [0.1, 0.15) is 0 Å². The van der Waals surface area contributed by atoms with E-state index in [2.05, 4.69) is 24.4 Å². The van der Waals surface area contributed by atoms with Gasteiger partial charge in [0.25, 0.3) is 5.91 Å². The topological polar surface area (TPSA) is 38.3 Å². The predicted octanol–water partition coefficient (Wildman–Crippen LogP) is 4.02. The largest absolute Gasteiger partial charge is 0.376 e. The Morgan fingerprint density at radius 2 is 2.14 bits per heavy atom. The van der Waals surface area contributed by atoms with Gasteiger partial charge in [-0.1, -0.05) is 30.3 Å². The van der Waals surface area contributed by atoms with Crippen LogP contribution in [0.25, 0.3) is 10.4 Å². The average molecular weight is 315 g/mol. The van der Waals surface area contributed by atoms with Crippen molar-refractivity contribution in [3.63, 3.8) is 0 Å². The summed E-state index contributed by atoms with van der Waals surface area (Å²) in [5.74, 6) is -0.00159. The number of amides is 1. The van der Waals surface area contributed by atoms with Crippen molar-refractivity contribution in [2.45, 2.75) is 38.8 Å². The molecule has 1 aromatic heterocycles. The van der Waals surface area contributed by atoms with Crippen LogP contribution in [0.2, 0.25) is 0 Å². The molecule has 2 atom stereocenters. The van der Waals surface area contributed by atoms with Gasteiger partial charge in [0, 0.05) is 11.5 Å². The maximum absolute atomic E-state index is 12.5. The summed E-state index contributed by atoms with van der Waals surface area (Å²) in [6.07, 6.45) is 2.26. The van der Waals surface area contributed by atoms with Crippen LogP contribution in [0, 0.1) is 6.92 Å². The Morgan fingerprint density at radius 1 is 1.36 bits per heavy atom. The quantitative estimate of drug-likeness (QED) is 0.925. The Balaban J connectivity index is 1.73. The Morgan fingerprint density at radius 3 is 2.82 bits per heavy atom. The van der Waals surface area contributed by atoms with Crippen LogP contribution in [0.3, 0.4) is 0 Å². The van der Waals surface area contributed by atoms with Crippen molar-refractivity contribution in [2.24, 2.45) is 0 Å². The van der Waals surface area contributed by atoms with Gasteiger partial charge in [-0.15, -0.1) is 11.3 Å². The van der Waals surface area contributed by atoms with Gasteiger partial charge in [0.15, 0.2) is 0 Å². The number of hydrogen-bond acceptors (Lipinski definition) is 3. The van der Waals surface area contributed by atoms with E-state index in [0.717, 1.165) is 40.3 Å². The monoisotopic (exact) mass is 315 g/mol. The van der Waals surface area contributed by atoms with E-state index >= 15 is 0 Å². The minimum absolute atomic E-state index is 0.00159. The van der Waals surface area contributed by atoms with E-state index in [4.69, 9.17) is 4.74 Å². The number of carbonyl (C=O) groups is 1. The summed E-state index contributed by atoms with van der Waals surface area (Å²) in [4.78, 5) is 14.4. The Bertz CT molecular complexity index is 644. The molecule has 1 amide bonds. The highest BCUT2D eigenvalue weighted by Gasteiger charge is 2.24. The third-order valence-electron chi connectivity index (χ3n) is 4.06. The van der Waals surface area contributed by atoms with E-state index in [9.17, 15) is 4.79 Å². The number of ether oxygens (including phenoxy) is 1. The molecule has 0 aliphatic carbocycles. The van der Waals surface area contributed by atoms with Crippen molar-refractivity contribution < 1.29 is 9.53 Å². The number of rotatable bonds is 4. The molecule has 4 heteroatoms. The molecule has 0 radical (unpaired) electrons. The summed E-state index contributed by atoms with van der Waals surface area (Å²) < 4.78 is 5.64. The molecule has 0 bridgehead atoms. The van der Waals surface area contributed by atoms with Crippen molar-refractivity contribution in [3.05, 3.63) is 46.8 Å². The second-order valence-electron chi connectivity index (χ2n) is 5.80. The second kappa shape index (κ2) is 6.63. The van der Waals surface area contributed by atoms with Crippen LogP contribution in [0.15, 0.2) is 36.4 Å². The molecule has 0 spiro atoms. The third kappa shape index (κ3) is 3.23. The molecule has 1 saturated heterocycles. The number of aryl methyl sites for hydroxylation is 1. The normalized spacial score (nSPS) is 19.1. The maximum atomic E-state index is 12.5. The fraction of sp³-hybridized carbons (Fsp3) is 0.389. The minimum Gasteiger partial charge on any atom is -0.376 e. The first-order valence-electron chi connectivity index (χ1n) is 7.73. The van der Waals surface area contributed by atoms with Crippen LogP contribution in [0.5, 0.6) is 0 Å². The molecule has 22 heavy (non-hydrogen) atoms. The molecule has 1 aliphatic rings. The molecule has 1 N–H and O–H groups in total. The van der Waals surface area contributed by atoms with Crippen molar-refractivity contribution in [3.8, 4) is 10.4 Å². The van der Waals surface area contributed by atoms with Gasteiger partial charge >= 0.3 is 0 Å². The van der Waals surface area contributed by atoms with Gasteiger partial charge < -0.3 is 10.1 Å². The maximum Gasteiger partial charge on any atom is 0.261 e. The van der Waals surface area contributed by atoms with E-state index in [1.807, 2.05) is 31.2 Å². The second-order valence-corrected chi connectivity index (χ2v) is 6.85. The summed E-state index contributed by atoms with van der Waals surface area (Å²) in [7, 11) is 0. The van der Waals surface area contributed by atoms with Gasteiger partial charge in [-0.25, -0.2) is 0 Å². The van der Waals surface area contributed by atoms with Crippen molar-refractivity contribution in [1.82, 2.24) is 5.32 Å². The molecule has 2 aromatic rings. The highest BCUT2D eigenvalue weighted by atomic mass is 32.1. The highest BCUT2D eigenvalue weighted by molar-refractivity contribution is 7.17. The zero-order valence-corrected chi connectivity index (χ0v) is 13.8. The van der Waals surface area contributed by atoms with Crippen LogP contribution in [0.1, 0.15) is 35.0 Å². The van der Waals surface area contributed by atoms with E-state index in [-0.39, 0.29) is 18.1 Å². The highest BCUT2D eigenvalue weighted by Crippen LogP contribution is 2.32. The summed E-state index contributed by atoms with van der Waals surface area (Å²) >= 11 is 1.55. The average Bonchev–Trinajstić information content (AvgIpc) is 3.17. The standard InChI is InChI=1S/C18H21NO2S/c1-12-11-16(22-17(12)14-7-4-3-5-8-14)18(20)19-13(2)15-9-6-10-21-15/h3-5,7-8,11,13,15H,6,9-10H2,1-2H3,(H,19,20)/t13-,15+/m0/s1. The molecule has 3 nitrogen and oxygen atoms in total. The molecule has 0 saturated carbocycles. The summed E-state index contributed by atoms with van der Waals surface area (Å²) in [6, 6.07) is 12.2. The fourth-order valence-electron chi connectivity index (χ4n) is 2.84. The fourth-order valence-corrected chi connectivity index (χ4v) is 3.92. The van der Waals surface area contributed by atoms with E-state index in [1.54, 1.807) is 11.3 Å². The number of benzene rings is 1. The summed E-state index contributed by atoms with van der Waals surface area (Å²) in [5, 5.41) is 3.08. The van der Waals surface area contributed by atoms with Gasteiger partial charge in [-0.3, -0.25) is 4.79 Å². The lowest BCUT2D eigenvalue weighted by atomic mass is 10.1. The van der Waals surface area contributed by atoms with E-state index in [1.165, 1.54) is 0 Å². The first-order valence-corrected chi connectivity index (χ1v) is 8.55. The molecular formula is C18H21NO2S. The van der Waals surface area contributed by atoms with Crippen molar-refractivity contribution >= 4 is 17.2 Å². The Labute approximate surface area is 135 Å². The molecule has 2 heterocycles. The Hall–Kier alpha value is -1.65. The molecule has 3 rings (SSSR count). The van der Waals surface area contributed by atoms with Crippen LogP contribution in [-0.4, -0.2) is 24.7 Å². The molecule has 0 unspecified atom stereocenters. The number of hydrogen-bond donors (Lipinski definition) is 1. The zero-order chi connectivity index (χ0) is 15.5. The van der Waals surface area contributed by atoms with Crippen LogP contribution < -0.4 is 5.32 Å². The lowest BCUT2D eigenvalue weighted by molar-refractivity contribution is 0.0714. The first kappa shape index (κ1) is 15.3. The van der Waals surface area contributed by atoms with E-state index in [0.29, 0.717) is 0 Å². The number of carbonyl (C=O) groups excluding carboxylic acids is 1. The minimum atomic E-state index is -0.00159. The van der Waals surface area contributed by atoms with Crippen molar-refractivity contribution in [2.75, 3.05) is 6.61 Å². The van der Waals surface area contributed by atoms with Crippen molar-refractivity contribution in [1.29, 1.82) is 0 Å². The number of nitrogens with one attached hydrogen (secondary N) is 1. The molecule has 1 aromatic carbocycles. The summed E-state index contributed by atoms with van der Waals surface area (Å²) in [5.41, 5.74) is 2.31. The number of thiophene rings is 1. The van der Waals surface area contributed by atoms with Crippen LogP contribution >= 0.6 is 11.3 Å². The molecule has 1 aliphatic heterocycles. The molecule has 116 valence electrons. The van der Waals surface area contributed by atoms with Crippen LogP contribution in [-0.2, 0) is 4.74 Å². The van der Waals surface area contributed by atoms with Gasteiger partial charge in [0.2, 0.25) is 0 Å². The van der Waals surface area contributed by atoms with E-state index < -0.39 is 0 Å². The first-order chi connectivity index (χ1) is 10.6. The predicted molar refractivity (Wildman–Crippen MR) is 90.4 cm³/mol. The molecule has 1 fully saturated rings. The smallest absolute Gasteiger partial charge is 0.261 e. The Kier molecular flexibility index (Phi) is 4.60. The third-order valence-corrected chi connectivity index (χ3v) is 5.34. The SMILES string of the molecule is Cc1cc(C(=O)N[C@@H](C)[C@H]2CCCO2)sc1-c1ccccc1. The summed E-state index contributed by atoms with van der Waals surface area (Å²) in [6.45, 7) is 4.88. The molecular weight excluding hydrogens is 294 g/mol. The van der Waals surface area contributed by atoms with Gasteiger partial charge in [0.05, 0.1) is 17.0 Å². The van der Waals surface area contributed by atoms with Gasteiger partial charge in [-0.05, 0) is 43.9 Å². The zero-order valence-electron chi connectivity index (χ0n) is 13.0. The van der Waals surface area contributed by atoms with Crippen LogP contribution in [0.4, 0.5) is 0 Å².